The van der Waals surface area contributed by atoms with Crippen molar-refractivity contribution in [3.63, 3.8) is 0 Å². The number of hydrogen-bond donors (Lipinski definition) is 2. The van der Waals surface area contributed by atoms with Crippen LogP contribution in [0.2, 0.25) is 0 Å². The molecular formula is C11H13NO5. The van der Waals surface area contributed by atoms with Crippen LogP contribution < -0.4 is 10.5 Å². The second-order valence-corrected chi connectivity index (χ2v) is 3.34. The molecule has 0 bridgehead atoms. The molecule has 1 aromatic rings. The van der Waals surface area contributed by atoms with E-state index in [0.29, 0.717) is 0 Å². The van der Waals surface area contributed by atoms with Crippen LogP contribution in [0.5, 0.6) is 5.75 Å². The fraction of sp³-hybridized carbons (Fsp3) is 0.273. The molecule has 6 heteroatoms. The molecule has 0 saturated carbocycles. The standard InChI is InChI=1S/C11H13NO5/c1-6(10(13)14)17-9-4-3-7(5-8(9)12)11(15)16-2/h3-6H,12H2,1-2H3,(H,13,14). The Labute approximate surface area is 97.9 Å². The summed E-state index contributed by atoms with van der Waals surface area (Å²) in [4.78, 5) is 21.8. The lowest BCUT2D eigenvalue weighted by Crippen LogP contribution is -2.23. The highest BCUT2D eigenvalue weighted by Crippen LogP contribution is 2.24. The van der Waals surface area contributed by atoms with Gasteiger partial charge in [-0.1, -0.05) is 0 Å². The Hall–Kier alpha value is -2.24. The van der Waals surface area contributed by atoms with Crippen LogP contribution in [-0.4, -0.2) is 30.3 Å². The molecule has 17 heavy (non-hydrogen) atoms. The lowest BCUT2D eigenvalue weighted by atomic mass is 10.2. The van der Waals surface area contributed by atoms with E-state index in [1.54, 1.807) is 0 Å². The van der Waals surface area contributed by atoms with Crippen molar-refractivity contribution in [1.29, 1.82) is 0 Å². The van der Waals surface area contributed by atoms with Crippen LogP contribution in [0.25, 0.3) is 0 Å². The van der Waals surface area contributed by atoms with Crippen LogP contribution in [0.15, 0.2) is 18.2 Å². The van der Waals surface area contributed by atoms with Gasteiger partial charge in [-0.05, 0) is 25.1 Å². The van der Waals surface area contributed by atoms with Gasteiger partial charge in [-0.15, -0.1) is 0 Å². The van der Waals surface area contributed by atoms with E-state index in [2.05, 4.69) is 4.74 Å². The maximum atomic E-state index is 11.2. The molecule has 1 unspecified atom stereocenters. The van der Waals surface area contributed by atoms with E-state index in [1.807, 2.05) is 0 Å². The number of benzene rings is 1. The molecule has 3 N–H and O–H groups in total. The zero-order valence-corrected chi connectivity index (χ0v) is 9.47. The van der Waals surface area contributed by atoms with Crippen molar-refractivity contribution >= 4 is 17.6 Å². The highest BCUT2D eigenvalue weighted by Gasteiger charge is 2.15. The largest absolute Gasteiger partial charge is 0.479 e. The van der Waals surface area contributed by atoms with Gasteiger partial charge in [0.2, 0.25) is 0 Å². The van der Waals surface area contributed by atoms with Crippen LogP contribution in [-0.2, 0) is 9.53 Å². The first-order valence-electron chi connectivity index (χ1n) is 4.83. The van der Waals surface area contributed by atoms with E-state index in [9.17, 15) is 9.59 Å². The van der Waals surface area contributed by atoms with Crippen LogP contribution in [0.1, 0.15) is 17.3 Å². The molecule has 0 aliphatic rings. The summed E-state index contributed by atoms with van der Waals surface area (Å²) in [6.07, 6.45) is -1.01. The van der Waals surface area contributed by atoms with E-state index >= 15 is 0 Å². The summed E-state index contributed by atoms with van der Waals surface area (Å²) in [5.74, 6) is -1.40. The summed E-state index contributed by atoms with van der Waals surface area (Å²) in [6, 6.07) is 4.25. The second-order valence-electron chi connectivity index (χ2n) is 3.34. The third kappa shape index (κ3) is 3.10. The molecule has 0 aliphatic carbocycles. The minimum absolute atomic E-state index is 0.181. The van der Waals surface area contributed by atoms with Crippen molar-refractivity contribution in [3.05, 3.63) is 23.8 Å². The van der Waals surface area contributed by atoms with Crippen LogP contribution in [0.3, 0.4) is 0 Å². The molecule has 6 nitrogen and oxygen atoms in total. The smallest absolute Gasteiger partial charge is 0.344 e. The number of methoxy groups -OCH3 is 1. The molecule has 0 amide bonds. The first-order valence-corrected chi connectivity index (χ1v) is 4.83. The molecule has 1 atom stereocenters. The van der Waals surface area contributed by atoms with Gasteiger partial charge in [-0.2, -0.15) is 0 Å². The minimum atomic E-state index is -1.10. The number of ether oxygens (including phenoxy) is 2. The summed E-state index contributed by atoms with van der Waals surface area (Å²) in [7, 11) is 1.26. The minimum Gasteiger partial charge on any atom is -0.479 e. The Bertz CT molecular complexity index is 443. The number of anilines is 1. The van der Waals surface area contributed by atoms with Gasteiger partial charge < -0.3 is 20.3 Å². The molecular weight excluding hydrogens is 226 g/mol. The normalized spacial score (nSPS) is 11.6. The molecule has 92 valence electrons. The maximum Gasteiger partial charge on any atom is 0.344 e. The number of nitrogen functional groups attached to an aromatic ring is 1. The van der Waals surface area contributed by atoms with Gasteiger partial charge in [0.25, 0.3) is 0 Å². The average Bonchev–Trinajstić information content (AvgIpc) is 2.30. The van der Waals surface area contributed by atoms with Gasteiger partial charge in [0.05, 0.1) is 18.4 Å². The number of nitrogens with two attached hydrogens (primary N) is 1. The monoisotopic (exact) mass is 239 g/mol. The van der Waals surface area contributed by atoms with E-state index in [4.69, 9.17) is 15.6 Å². The summed E-state index contributed by atoms with van der Waals surface area (Å²) in [5, 5.41) is 8.68. The molecule has 0 heterocycles. The summed E-state index contributed by atoms with van der Waals surface area (Å²) in [6.45, 7) is 1.38. The van der Waals surface area contributed by atoms with Crippen molar-refractivity contribution in [2.24, 2.45) is 0 Å². The second kappa shape index (κ2) is 5.20. The Morgan fingerprint density at radius 3 is 2.53 bits per heavy atom. The van der Waals surface area contributed by atoms with Crippen LogP contribution in [0, 0.1) is 0 Å². The number of hydrogen-bond acceptors (Lipinski definition) is 5. The van der Waals surface area contributed by atoms with Crippen LogP contribution in [0.4, 0.5) is 5.69 Å². The molecule has 0 saturated heterocycles. The fourth-order valence-corrected chi connectivity index (χ4v) is 1.14. The Balaban J connectivity index is 2.90. The number of esters is 1. The lowest BCUT2D eigenvalue weighted by molar-refractivity contribution is -0.144. The predicted molar refractivity (Wildman–Crippen MR) is 59.9 cm³/mol. The van der Waals surface area contributed by atoms with E-state index < -0.39 is 18.0 Å². The van der Waals surface area contributed by atoms with Gasteiger partial charge in [0.15, 0.2) is 6.10 Å². The molecule has 0 aliphatic heterocycles. The van der Waals surface area contributed by atoms with Gasteiger partial charge >= 0.3 is 11.9 Å². The SMILES string of the molecule is COC(=O)c1ccc(OC(C)C(=O)O)c(N)c1. The highest BCUT2D eigenvalue weighted by atomic mass is 16.5. The summed E-state index contributed by atoms with van der Waals surface area (Å²) in [5.41, 5.74) is 6.10. The maximum absolute atomic E-state index is 11.2. The Kier molecular flexibility index (Phi) is 3.92. The van der Waals surface area contributed by atoms with E-state index in [1.165, 1.54) is 32.2 Å². The highest BCUT2D eigenvalue weighted by molar-refractivity contribution is 5.90. The van der Waals surface area contributed by atoms with Crippen molar-refractivity contribution in [3.8, 4) is 5.75 Å². The molecule has 0 aromatic heterocycles. The van der Waals surface area contributed by atoms with Gasteiger partial charge in [-0.3, -0.25) is 0 Å². The third-order valence-electron chi connectivity index (χ3n) is 2.08. The molecule has 0 radical (unpaired) electrons. The first kappa shape index (κ1) is 12.8. The lowest BCUT2D eigenvalue weighted by Gasteiger charge is -2.12. The Morgan fingerprint density at radius 2 is 2.06 bits per heavy atom. The van der Waals surface area contributed by atoms with Crippen molar-refractivity contribution in [2.75, 3.05) is 12.8 Å². The number of aliphatic carboxylic acids is 1. The summed E-state index contributed by atoms with van der Waals surface area (Å²) >= 11 is 0. The van der Waals surface area contributed by atoms with E-state index in [0.717, 1.165) is 0 Å². The zero-order valence-electron chi connectivity index (χ0n) is 9.47. The van der Waals surface area contributed by atoms with Crippen LogP contribution >= 0.6 is 0 Å². The van der Waals surface area contributed by atoms with E-state index in [-0.39, 0.29) is 17.0 Å². The average molecular weight is 239 g/mol. The predicted octanol–water partition coefficient (Wildman–Crippen LogP) is 0.907. The molecule has 1 rings (SSSR count). The molecule has 0 spiro atoms. The first-order chi connectivity index (χ1) is 7.95. The van der Waals surface area contributed by atoms with Crippen molar-refractivity contribution < 1.29 is 24.2 Å². The van der Waals surface area contributed by atoms with Gasteiger partial charge in [0, 0.05) is 0 Å². The van der Waals surface area contributed by atoms with Gasteiger partial charge in [-0.25, -0.2) is 9.59 Å². The van der Waals surface area contributed by atoms with Gasteiger partial charge in [0.1, 0.15) is 5.75 Å². The topological polar surface area (TPSA) is 98.8 Å². The zero-order chi connectivity index (χ0) is 13.0. The molecule has 1 aromatic carbocycles. The van der Waals surface area contributed by atoms with Crippen molar-refractivity contribution in [1.82, 2.24) is 0 Å². The molecule has 0 fully saturated rings. The van der Waals surface area contributed by atoms with Crippen molar-refractivity contribution in [2.45, 2.75) is 13.0 Å². The Morgan fingerprint density at radius 1 is 1.41 bits per heavy atom. The summed E-state index contributed by atoms with van der Waals surface area (Å²) < 4.78 is 9.62. The number of rotatable bonds is 4. The number of carbonyl (C=O) groups excluding carboxylic acids is 1. The number of carboxylic acids is 1. The quantitative estimate of drug-likeness (QED) is 0.598. The third-order valence-corrected chi connectivity index (χ3v) is 2.08. The number of carboxylic acid groups (broad SMARTS) is 1. The number of carbonyl (C=O) groups is 2. The fourth-order valence-electron chi connectivity index (χ4n) is 1.14.